The second-order valence-electron chi connectivity index (χ2n) is 7.77. The maximum Gasteiger partial charge on any atom is 0.224 e. The van der Waals surface area contributed by atoms with E-state index in [1.807, 2.05) is 55.5 Å². The van der Waals surface area contributed by atoms with Gasteiger partial charge in [-0.3, -0.25) is 4.79 Å². The molecule has 1 N–H and O–H groups in total. The molecular weight excluding hydrogens is 414 g/mol. The van der Waals surface area contributed by atoms with Crippen LogP contribution < -0.4 is 15.0 Å². The molecule has 2 aromatic rings. The van der Waals surface area contributed by atoms with Gasteiger partial charge in [0.25, 0.3) is 0 Å². The second kappa shape index (κ2) is 10.6. The Morgan fingerprint density at radius 1 is 1.06 bits per heavy atom. The van der Waals surface area contributed by atoms with Gasteiger partial charge in [-0.05, 0) is 43.2 Å². The molecule has 2 aromatic carbocycles. The number of methoxy groups -OCH3 is 1. The summed E-state index contributed by atoms with van der Waals surface area (Å²) in [6.45, 7) is 4.58. The van der Waals surface area contributed by atoms with Crippen molar-refractivity contribution in [1.82, 2.24) is 9.62 Å². The first-order chi connectivity index (χ1) is 14.9. The van der Waals surface area contributed by atoms with Crippen LogP contribution in [-0.4, -0.2) is 64.2 Å². The van der Waals surface area contributed by atoms with Gasteiger partial charge in [0, 0.05) is 38.4 Å². The Hall–Kier alpha value is -2.58. The minimum absolute atomic E-state index is 0.0419. The van der Waals surface area contributed by atoms with Crippen LogP contribution in [0.2, 0.25) is 0 Å². The van der Waals surface area contributed by atoms with Crippen LogP contribution in [0, 0.1) is 6.92 Å². The molecule has 1 heterocycles. The Kier molecular flexibility index (Phi) is 7.92. The summed E-state index contributed by atoms with van der Waals surface area (Å²) in [5.74, 6) is 0.757. The lowest BCUT2D eigenvalue weighted by Crippen LogP contribution is -2.49. The number of hydrogen-bond donors (Lipinski definition) is 1. The van der Waals surface area contributed by atoms with Gasteiger partial charge < -0.3 is 15.0 Å². The van der Waals surface area contributed by atoms with Crippen molar-refractivity contribution >= 4 is 21.6 Å². The molecule has 0 bridgehead atoms. The number of nitrogens with zero attached hydrogens (tertiary/aromatic N) is 2. The van der Waals surface area contributed by atoms with Crippen LogP contribution in [0.4, 0.5) is 5.69 Å². The normalized spacial score (nSPS) is 15.0. The average Bonchev–Trinajstić information content (AvgIpc) is 2.77. The van der Waals surface area contributed by atoms with E-state index in [4.69, 9.17) is 4.74 Å². The van der Waals surface area contributed by atoms with E-state index >= 15 is 0 Å². The molecule has 1 fully saturated rings. The van der Waals surface area contributed by atoms with Crippen molar-refractivity contribution in [3.63, 3.8) is 0 Å². The summed E-state index contributed by atoms with van der Waals surface area (Å²) in [4.78, 5) is 14.3. The summed E-state index contributed by atoms with van der Waals surface area (Å²) in [7, 11) is -1.69. The van der Waals surface area contributed by atoms with E-state index in [2.05, 4.69) is 10.2 Å². The third-order valence-electron chi connectivity index (χ3n) is 5.42. The van der Waals surface area contributed by atoms with E-state index in [0.717, 1.165) is 22.6 Å². The highest BCUT2D eigenvalue weighted by Gasteiger charge is 2.26. The summed E-state index contributed by atoms with van der Waals surface area (Å²) in [5.41, 5.74) is 3.14. The molecule has 168 valence electrons. The number of anilines is 1. The summed E-state index contributed by atoms with van der Waals surface area (Å²) in [6.07, 6.45) is 0.711. The van der Waals surface area contributed by atoms with Gasteiger partial charge in [0.1, 0.15) is 5.75 Å². The first-order valence-electron chi connectivity index (χ1n) is 10.6. The fourth-order valence-electron chi connectivity index (χ4n) is 3.70. The van der Waals surface area contributed by atoms with Crippen LogP contribution in [0.15, 0.2) is 48.5 Å². The molecule has 0 unspecified atom stereocenters. The monoisotopic (exact) mass is 445 g/mol. The third-order valence-corrected chi connectivity index (χ3v) is 7.37. The second-order valence-corrected chi connectivity index (χ2v) is 9.86. The summed E-state index contributed by atoms with van der Waals surface area (Å²) < 4.78 is 32.1. The lowest BCUT2D eigenvalue weighted by atomic mass is 10.1. The average molecular weight is 446 g/mol. The molecule has 0 aromatic heterocycles. The van der Waals surface area contributed by atoms with Crippen LogP contribution in [0.5, 0.6) is 5.75 Å². The zero-order valence-corrected chi connectivity index (χ0v) is 19.0. The first kappa shape index (κ1) is 23.1. The molecule has 0 radical (unpaired) electrons. The van der Waals surface area contributed by atoms with Gasteiger partial charge in [-0.15, -0.1) is 0 Å². The van der Waals surface area contributed by atoms with E-state index in [9.17, 15) is 13.2 Å². The number of rotatable bonds is 9. The van der Waals surface area contributed by atoms with Gasteiger partial charge >= 0.3 is 0 Å². The van der Waals surface area contributed by atoms with Crippen LogP contribution in [0.25, 0.3) is 0 Å². The summed E-state index contributed by atoms with van der Waals surface area (Å²) >= 11 is 0. The highest BCUT2D eigenvalue weighted by atomic mass is 32.2. The van der Waals surface area contributed by atoms with Gasteiger partial charge in [0.05, 0.1) is 19.3 Å². The van der Waals surface area contributed by atoms with E-state index < -0.39 is 10.0 Å². The van der Waals surface area contributed by atoms with Crippen LogP contribution >= 0.6 is 0 Å². The van der Waals surface area contributed by atoms with Gasteiger partial charge in [0.15, 0.2) is 0 Å². The molecule has 1 saturated heterocycles. The Bertz CT molecular complexity index is 969. The van der Waals surface area contributed by atoms with Crippen molar-refractivity contribution in [3.05, 3.63) is 59.7 Å². The largest absolute Gasteiger partial charge is 0.497 e. The van der Waals surface area contributed by atoms with Crippen molar-refractivity contribution in [2.45, 2.75) is 19.8 Å². The molecule has 0 spiro atoms. The SMILES string of the molecule is COc1ccc(N2CCN(S(=O)(=O)CCCNC(=O)Cc3cccc(C)c3)CC2)cc1. The molecule has 0 aliphatic carbocycles. The molecule has 1 aliphatic rings. The molecule has 0 atom stereocenters. The highest BCUT2D eigenvalue weighted by molar-refractivity contribution is 7.89. The minimum Gasteiger partial charge on any atom is -0.497 e. The number of amides is 1. The third kappa shape index (κ3) is 6.70. The Morgan fingerprint density at radius 2 is 1.77 bits per heavy atom. The Morgan fingerprint density at radius 3 is 2.42 bits per heavy atom. The fraction of sp³-hybridized carbons (Fsp3) is 0.435. The number of benzene rings is 2. The maximum absolute atomic E-state index is 12.7. The van der Waals surface area contributed by atoms with E-state index in [-0.39, 0.29) is 11.7 Å². The maximum atomic E-state index is 12.7. The topological polar surface area (TPSA) is 79.0 Å². The van der Waals surface area contributed by atoms with Gasteiger partial charge in [-0.2, -0.15) is 4.31 Å². The Labute approximate surface area is 185 Å². The number of ether oxygens (including phenoxy) is 1. The van der Waals surface area contributed by atoms with Gasteiger partial charge in [0.2, 0.25) is 15.9 Å². The highest BCUT2D eigenvalue weighted by Crippen LogP contribution is 2.21. The molecule has 1 amide bonds. The van der Waals surface area contributed by atoms with Crippen molar-refractivity contribution in [1.29, 1.82) is 0 Å². The molecule has 31 heavy (non-hydrogen) atoms. The van der Waals surface area contributed by atoms with E-state index in [1.54, 1.807) is 11.4 Å². The number of nitrogens with one attached hydrogen (secondary N) is 1. The predicted molar refractivity (Wildman–Crippen MR) is 123 cm³/mol. The molecule has 3 rings (SSSR count). The minimum atomic E-state index is -3.33. The predicted octanol–water partition coefficient (Wildman–Crippen LogP) is 2.20. The lowest BCUT2D eigenvalue weighted by Gasteiger charge is -2.35. The quantitative estimate of drug-likeness (QED) is 0.599. The van der Waals surface area contributed by atoms with Crippen molar-refractivity contribution in [2.24, 2.45) is 0 Å². The number of hydrogen-bond acceptors (Lipinski definition) is 5. The zero-order chi connectivity index (χ0) is 22.3. The molecule has 8 heteroatoms. The molecule has 1 aliphatic heterocycles. The standard InChI is InChI=1S/C23H31N3O4S/c1-19-5-3-6-20(17-19)18-23(27)24-11-4-16-31(28,29)26-14-12-25(13-15-26)21-7-9-22(30-2)10-8-21/h3,5-10,17H,4,11-16,18H2,1-2H3,(H,24,27). The smallest absolute Gasteiger partial charge is 0.224 e. The first-order valence-corrected chi connectivity index (χ1v) is 12.2. The number of carbonyl (C=O) groups is 1. The summed E-state index contributed by atoms with van der Waals surface area (Å²) in [6, 6.07) is 15.6. The van der Waals surface area contributed by atoms with Crippen molar-refractivity contribution < 1.29 is 17.9 Å². The van der Waals surface area contributed by atoms with Gasteiger partial charge in [-0.25, -0.2) is 8.42 Å². The van der Waals surface area contributed by atoms with Crippen molar-refractivity contribution in [3.8, 4) is 5.75 Å². The number of carbonyl (C=O) groups excluding carboxylic acids is 1. The lowest BCUT2D eigenvalue weighted by molar-refractivity contribution is -0.120. The zero-order valence-electron chi connectivity index (χ0n) is 18.2. The van der Waals surface area contributed by atoms with Crippen LogP contribution in [-0.2, 0) is 21.2 Å². The number of aryl methyl sites for hydroxylation is 1. The van der Waals surface area contributed by atoms with Gasteiger partial charge in [-0.1, -0.05) is 29.8 Å². The van der Waals surface area contributed by atoms with Crippen LogP contribution in [0.3, 0.4) is 0 Å². The molecule has 0 saturated carbocycles. The van der Waals surface area contributed by atoms with Crippen LogP contribution in [0.1, 0.15) is 17.5 Å². The molecule has 7 nitrogen and oxygen atoms in total. The fourth-order valence-corrected chi connectivity index (χ4v) is 5.19. The number of piperazine rings is 1. The molecular formula is C23H31N3O4S. The van der Waals surface area contributed by atoms with E-state index in [0.29, 0.717) is 45.6 Å². The Balaban J connectivity index is 1.39. The number of sulfonamides is 1. The summed E-state index contributed by atoms with van der Waals surface area (Å²) in [5, 5.41) is 2.82. The van der Waals surface area contributed by atoms with Crippen molar-refractivity contribution in [2.75, 3.05) is 50.5 Å². The van der Waals surface area contributed by atoms with E-state index in [1.165, 1.54) is 0 Å².